The van der Waals surface area contributed by atoms with Crippen molar-refractivity contribution in [1.82, 2.24) is 10.9 Å². The molecule has 0 heterocycles. The van der Waals surface area contributed by atoms with Gasteiger partial charge in [-0.05, 0) is 77.7 Å². The molecular weight excluding hydrogens is 436 g/mol. The number of benzene rings is 2. The summed E-state index contributed by atoms with van der Waals surface area (Å²) in [7, 11) is 0. The van der Waals surface area contributed by atoms with E-state index in [0.29, 0.717) is 16.5 Å². The number of carbonyl (C=O) groups is 2. The second-order valence-electron chi connectivity index (χ2n) is 5.98. The fourth-order valence-electron chi connectivity index (χ4n) is 2.22. The molecule has 6 nitrogen and oxygen atoms in total. The van der Waals surface area contributed by atoms with Crippen molar-refractivity contribution in [3.63, 3.8) is 0 Å². The van der Waals surface area contributed by atoms with Gasteiger partial charge in [-0.2, -0.15) is 0 Å². The third kappa shape index (κ3) is 6.45. The van der Waals surface area contributed by atoms with Gasteiger partial charge in [0.1, 0.15) is 11.5 Å². The third-order valence-electron chi connectivity index (χ3n) is 3.57. The van der Waals surface area contributed by atoms with Gasteiger partial charge in [0.25, 0.3) is 11.8 Å². The molecule has 0 radical (unpaired) electrons. The number of amides is 2. The topological polar surface area (TPSA) is 76.7 Å². The van der Waals surface area contributed by atoms with Crippen molar-refractivity contribution >= 4 is 39.3 Å². The molecule has 0 bridgehead atoms. The fraction of sp³-hybridized carbons (Fsp3) is 0.263. The molecule has 0 aliphatic heterocycles. The Hall–Kier alpha value is -2.25. The predicted molar refractivity (Wildman–Crippen MR) is 107 cm³/mol. The van der Waals surface area contributed by atoms with Crippen molar-refractivity contribution in [1.29, 1.82) is 0 Å². The molecule has 0 fully saturated rings. The first-order chi connectivity index (χ1) is 12.8. The SMILES string of the molecule is Cc1ccc(OCC(=O)NNC(=O)COc2cc(C)c(Cl)c(C)c2)c(Br)c1. The lowest BCUT2D eigenvalue weighted by Crippen LogP contribution is -2.45. The maximum Gasteiger partial charge on any atom is 0.276 e. The summed E-state index contributed by atoms with van der Waals surface area (Å²) in [6.07, 6.45) is 0. The summed E-state index contributed by atoms with van der Waals surface area (Å²) in [6.45, 7) is 5.18. The summed E-state index contributed by atoms with van der Waals surface area (Å²) < 4.78 is 11.6. The molecule has 0 atom stereocenters. The minimum atomic E-state index is -0.495. The number of hydrazine groups is 1. The molecule has 8 heteroatoms. The van der Waals surface area contributed by atoms with Crippen LogP contribution in [0.4, 0.5) is 0 Å². The maximum absolute atomic E-state index is 11.8. The Morgan fingerprint density at radius 1 is 0.963 bits per heavy atom. The van der Waals surface area contributed by atoms with Crippen LogP contribution >= 0.6 is 27.5 Å². The van der Waals surface area contributed by atoms with Crippen molar-refractivity contribution in [2.75, 3.05) is 13.2 Å². The number of nitrogens with one attached hydrogen (secondary N) is 2. The number of hydrogen-bond acceptors (Lipinski definition) is 4. The molecule has 0 aliphatic rings. The van der Waals surface area contributed by atoms with Crippen LogP contribution in [0.2, 0.25) is 5.02 Å². The molecule has 2 aromatic rings. The Kier molecular flexibility index (Phi) is 7.50. The van der Waals surface area contributed by atoms with Gasteiger partial charge in [-0.15, -0.1) is 0 Å². The van der Waals surface area contributed by atoms with Crippen LogP contribution in [0.3, 0.4) is 0 Å². The highest BCUT2D eigenvalue weighted by molar-refractivity contribution is 9.10. The van der Waals surface area contributed by atoms with Crippen LogP contribution in [0, 0.1) is 20.8 Å². The van der Waals surface area contributed by atoms with Crippen molar-refractivity contribution < 1.29 is 19.1 Å². The number of halogens is 2. The van der Waals surface area contributed by atoms with E-state index >= 15 is 0 Å². The zero-order valence-corrected chi connectivity index (χ0v) is 17.5. The van der Waals surface area contributed by atoms with Gasteiger partial charge in [0, 0.05) is 5.02 Å². The average molecular weight is 456 g/mol. The van der Waals surface area contributed by atoms with Crippen LogP contribution in [0.1, 0.15) is 16.7 Å². The lowest BCUT2D eigenvalue weighted by Gasteiger charge is -2.12. The van der Waals surface area contributed by atoms with Gasteiger partial charge >= 0.3 is 0 Å². The van der Waals surface area contributed by atoms with Crippen LogP contribution in [0.15, 0.2) is 34.8 Å². The van der Waals surface area contributed by atoms with Gasteiger partial charge in [0.2, 0.25) is 0 Å². The zero-order chi connectivity index (χ0) is 20.0. The van der Waals surface area contributed by atoms with Gasteiger partial charge in [-0.25, -0.2) is 0 Å². The summed E-state index contributed by atoms with van der Waals surface area (Å²) in [5, 5.41) is 0.666. The van der Waals surface area contributed by atoms with E-state index in [4.69, 9.17) is 21.1 Å². The van der Waals surface area contributed by atoms with E-state index in [-0.39, 0.29) is 13.2 Å². The van der Waals surface area contributed by atoms with E-state index in [0.717, 1.165) is 21.2 Å². The highest BCUT2D eigenvalue weighted by Gasteiger charge is 2.09. The van der Waals surface area contributed by atoms with E-state index in [2.05, 4.69) is 26.8 Å². The summed E-state index contributed by atoms with van der Waals surface area (Å²) >= 11 is 9.46. The first-order valence-corrected chi connectivity index (χ1v) is 9.29. The molecule has 0 saturated carbocycles. The Morgan fingerprint density at radius 3 is 2.07 bits per heavy atom. The van der Waals surface area contributed by atoms with Crippen LogP contribution < -0.4 is 20.3 Å². The van der Waals surface area contributed by atoms with Crippen LogP contribution in [-0.4, -0.2) is 25.0 Å². The highest BCUT2D eigenvalue weighted by Crippen LogP contribution is 2.26. The largest absolute Gasteiger partial charge is 0.484 e. The summed E-state index contributed by atoms with van der Waals surface area (Å²) in [5.74, 6) is 0.0847. The first kappa shape index (κ1) is 21.1. The normalized spacial score (nSPS) is 10.3. The summed E-state index contributed by atoms with van der Waals surface area (Å²) in [4.78, 5) is 23.6. The standard InChI is InChI=1S/C19H20BrClN2O4/c1-11-4-5-16(15(20)6-11)27-10-18(25)23-22-17(24)9-26-14-7-12(2)19(21)13(3)8-14/h4-8H,9-10H2,1-3H3,(H,22,24)(H,23,25). The van der Waals surface area contributed by atoms with Crippen LogP contribution in [0.25, 0.3) is 0 Å². The molecule has 144 valence electrons. The monoisotopic (exact) mass is 454 g/mol. The molecule has 2 N–H and O–H groups in total. The van der Waals surface area contributed by atoms with Gasteiger partial charge in [0.05, 0.1) is 4.47 Å². The number of hydrogen-bond donors (Lipinski definition) is 2. The lowest BCUT2D eigenvalue weighted by molar-refractivity contribution is -0.131. The third-order valence-corrected chi connectivity index (χ3v) is 4.78. The Balaban J connectivity index is 1.74. The maximum atomic E-state index is 11.8. The van der Waals surface area contributed by atoms with Crippen molar-refractivity contribution in [2.45, 2.75) is 20.8 Å². The van der Waals surface area contributed by atoms with Crippen LogP contribution in [0.5, 0.6) is 11.5 Å². The highest BCUT2D eigenvalue weighted by atomic mass is 79.9. The van der Waals surface area contributed by atoms with E-state index < -0.39 is 11.8 Å². The van der Waals surface area contributed by atoms with E-state index in [9.17, 15) is 9.59 Å². The first-order valence-electron chi connectivity index (χ1n) is 8.12. The number of ether oxygens (including phenoxy) is 2. The summed E-state index contributed by atoms with van der Waals surface area (Å²) in [6, 6.07) is 9.00. The Bertz CT molecular complexity index is 835. The molecule has 0 aromatic heterocycles. The van der Waals surface area contributed by atoms with Gasteiger partial charge in [0.15, 0.2) is 13.2 Å². The molecule has 2 aromatic carbocycles. The van der Waals surface area contributed by atoms with E-state index in [1.54, 1.807) is 18.2 Å². The Labute approximate surface area is 171 Å². The smallest absolute Gasteiger partial charge is 0.276 e. The average Bonchev–Trinajstić information content (AvgIpc) is 2.61. The molecule has 0 spiro atoms. The van der Waals surface area contributed by atoms with E-state index in [1.165, 1.54) is 0 Å². The zero-order valence-electron chi connectivity index (χ0n) is 15.2. The van der Waals surface area contributed by atoms with Crippen molar-refractivity contribution in [2.24, 2.45) is 0 Å². The quantitative estimate of drug-likeness (QED) is 0.652. The Morgan fingerprint density at radius 2 is 1.52 bits per heavy atom. The van der Waals surface area contributed by atoms with Crippen molar-refractivity contribution in [3.05, 3.63) is 56.5 Å². The molecule has 0 saturated heterocycles. The predicted octanol–water partition coefficient (Wildman–Crippen LogP) is 3.63. The molecule has 0 aliphatic carbocycles. The van der Waals surface area contributed by atoms with E-state index in [1.807, 2.05) is 32.9 Å². The lowest BCUT2D eigenvalue weighted by atomic mass is 10.1. The minimum absolute atomic E-state index is 0.238. The molecule has 27 heavy (non-hydrogen) atoms. The van der Waals surface area contributed by atoms with Gasteiger partial charge in [-0.1, -0.05) is 17.7 Å². The van der Waals surface area contributed by atoms with Gasteiger partial charge in [-0.3, -0.25) is 20.4 Å². The molecule has 0 unspecified atom stereocenters. The molecular formula is C19H20BrClN2O4. The number of rotatable bonds is 6. The molecule has 2 amide bonds. The fourth-order valence-corrected chi connectivity index (χ4v) is 2.93. The second kappa shape index (κ2) is 9.62. The van der Waals surface area contributed by atoms with Gasteiger partial charge < -0.3 is 9.47 Å². The minimum Gasteiger partial charge on any atom is -0.484 e. The molecule has 2 rings (SSSR count). The van der Waals surface area contributed by atoms with Crippen molar-refractivity contribution in [3.8, 4) is 11.5 Å². The number of aryl methyl sites for hydroxylation is 3. The van der Waals surface area contributed by atoms with Crippen LogP contribution in [-0.2, 0) is 9.59 Å². The number of carbonyl (C=O) groups excluding carboxylic acids is 2. The summed E-state index contributed by atoms with van der Waals surface area (Å²) in [5.41, 5.74) is 7.33. The second-order valence-corrected chi connectivity index (χ2v) is 7.21.